The summed E-state index contributed by atoms with van der Waals surface area (Å²) in [6.07, 6.45) is 0. The van der Waals surface area contributed by atoms with Gasteiger partial charge in [-0.3, -0.25) is 9.79 Å². The van der Waals surface area contributed by atoms with Crippen LogP contribution in [0, 0.1) is 0 Å². The lowest BCUT2D eigenvalue weighted by Crippen LogP contribution is -2.04. The number of carboxylic acid groups (broad SMARTS) is 2. The van der Waals surface area contributed by atoms with Crippen LogP contribution in [0.25, 0.3) is 0 Å². The van der Waals surface area contributed by atoms with E-state index in [1.165, 1.54) is 0 Å². The largest absolute Gasteiger partial charge is 0.524 e. The number of phosphoric ester groups is 1. The lowest BCUT2D eigenvalue weighted by molar-refractivity contribution is 0.0678. The molecule has 92 valence electrons. The smallest absolute Gasteiger partial charge is 0.478 e. The lowest BCUT2D eigenvalue weighted by Gasteiger charge is -2.10. The molecule has 0 aliphatic heterocycles. The average molecular weight is 262 g/mol. The second-order valence-corrected chi connectivity index (χ2v) is 4.07. The number of aromatic carboxylic acids is 2. The fourth-order valence-electron chi connectivity index (χ4n) is 1.04. The van der Waals surface area contributed by atoms with Gasteiger partial charge in [-0.1, -0.05) is 0 Å². The van der Waals surface area contributed by atoms with Crippen LogP contribution in [0.4, 0.5) is 0 Å². The maximum atomic E-state index is 10.7. The van der Waals surface area contributed by atoms with Crippen LogP contribution < -0.4 is 4.52 Å². The third-order valence-corrected chi connectivity index (χ3v) is 2.11. The van der Waals surface area contributed by atoms with Gasteiger partial charge in [0.2, 0.25) is 0 Å². The van der Waals surface area contributed by atoms with Gasteiger partial charge < -0.3 is 14.7 Å². The fourth-order valence-corrected chi connectivity index (χ4v) is 1.44. The second-order valence-electron chi connectivity index (χ2n) is 2.90. The van der Waals surface area contributed by atoms with E-state index in [-0.39, 0.29) is 5.56 Å². The summed E-state index contributed by atoms with van der Waals surface area (Å²) in [7, 11) is -4.96. The van der Waals surface area contributed by atoms with E-state index < -0.39 is 31.1 Å². The molecule has 0 atom stereocenters. The molecular weight excluding hydrogens is 255 g/mol. The maximum Gasteiger partial charge on any atom is 0.524 e. The van der Waals surface area contributed by atoms with Crippen molar-refractivity contribution in [2.24, 2.45) is 0 Å². The summed E-state index contributed by atoms with van der Waals surface area (Å²) < 4.78 is 14.7. The number of benzene rings is 1. The maximum absolute atomic E-state index is 10.7. The second kappa shape index (κ2) is 4.54. The van der Waals surface area contributed by atoms with Gasteiger partial charge in [0.1, 0.15) is 11.3 Å². The zero-order valence-corrected chi connectivity index (χ0v) is 9.00. The van der Waals surface area contributed by atoms with Crippen molar-refractivity contribution < 1.29 is 38.7 Å². The Labute approximate surface area is 94.3 Å². The highest BCUT2D eigenvalue weighted by Crippen LogP contribution is 2.39. The topological polar surface area (TPSA) is 141 Å². The Bertz CT molecular complexity index is 516. The molecule has 0 fully saturated rings. The Kier molecular flexibility index (Phi) is 3.52. The summed E-state index contributed by atoms with van der Waals surface area (Å²) in [4.78, 5) is 38.4. The van der Waals surface area contributed by atoms with Crippen molar-refractivity contribution in [1.29, 1.82) is 0 Å². The number of carboxylic acids is 2. The van der Waals surface area contributed by atoms with Crippen molar-refractivity contribution in [3.63, 3.8) is 0 Å². The van der Waals surface area contributed by atoms with Gasteiger partial charge in [0.05, 0.1) is 5.56 Å². The summed E-state index contributed by atoms with van der Waals surface area (Å²) in [6.45, 7) is 0. The molecule has 0 unspecified atom stereocenters. The Balaban J connectivity index is 3.30. The van der Waals surface area contributed by atoms with Crippen molar-refractivity contribution >= 4 is 19.8 Å². The van der Waals surface area contributed by atoms with Gasteiger partial charge in [-0.2, -0.15) is 0 Å². The van der Waals surface area contributed by atoms with Crippen molar-refractivity contribution in [2.75, 3.05) is 0 Å². The molecule has 1 aromatic rings. The number of hydrogen-bond donors (Lipinski definition) is 4. The molecule has 17 heavy (non-hydrogen) atoms. The van der Waals surface area contributed by atoms with Crippen LogP contribution in [0.15, 0.2) is 18.2 Å². The third kappa shape index (κ3) is 3.56. The molecule has 0 radical (unpaired) electrons. The molecule has 1 aromatic carbocycles. The Morgan fingerprint density at radius 3 is 2.12 bits per heavy atom. The van der Waals surface area contributed by atoms with Gasteiger partial charge in [-0.15, -0.1) is 0 Å². The monoisotopic (exact) mass is 262 g/mol. The molecule has 0 saturated carbocycles. The summed E-state index contributed by atoms with van der Waals surface area (Å²) in [5, 5.41) is 17.4. The number of hydrogen-bond acceptors (Lipinski definition) is 4. The molecule has 1 rings (SSSR count). The van der Waals surface area contributed by atoms with Crippen molar-refractivity contribution in [1.82, 2.24) is 0 Å². The molecule has 8 nitrogen and oxygen atoms in total. The first-order valence-corrected chi connectivity index (χ1v) is 5.59. The minimum absolute atomic E-state index is 0.349. The van der Waals surface area contributed by atoms with Gasteiger partial charge in [0.25, 0.3) is 0 Å². The van der Waals surface area contributed by atoms with E-state index in [4.69, 9.17) is 20.0 Å². The van der Waals surface area contributed by atoms with Crippen LogP contribution in [-0.4, -0.2) is 31.9 Å². The molecule has 4 N–H and O–H groups in total. The van der Waals surface area contributed by atoms with Gasteiger partial charge in [0.15, 0.2) is 0 Å². The van der Waals surface area contributed by atoms with Gasteiger partial charge in [0, 0.05) is 0 Å². The molecule has 0 aliphatic carbocycles. The van der Waals surface area contributed by atoms with E-state index in [0.29, 0.717) is 0 Å². The molecule has 0 heterocycles. The van der Waals surface area contributed by atoms with Crippen LogP contribution in [0.1, 0.15) is 20.7 Å². The molecule has 0 aromatic heterocycles. The quantitative estimate of drug-likeness (QED) is 0.576. The predicted octanol–water partition coefficient (Wildman–Crippen LogP) is 0.554. The summed E-state index contributed by atoms with van der Waals surface area (Å²) in [6, 6.07) is 2.60. The van der Waals surface area contributed by atoms with E-state index in [1.807, 2.05) is 0 Å². The van der Waals surface area contributed by atoms with E-state index in [1.54, 1.807) is 0 Å². The first kappa shape index (κ1) is 13.2. The van der Waals surface area contributed by atoms with Crippen LogP contribution in [0.5, 0.6) is 5.75 Å². The van der Waals surface area contributed by atoms with Crippen LogP contribution in [0.3, 0.4) is 0 Å². The Morgan fingerprint density at radius 2 is 1.71 bits per heavy atom. The zero-order chi connectivity index (χ0) is 13.2. The zero-order valence-electron chi connectivity index (χ0n) is 8.10. The normalized spacial score (nSPS) is 10.9. The number of rotatable bonds is 4. The van der Waals surface area contributed by atoms with Crippen molar-refractivity contribution in [3.8, 4) is 5.75 Å². The van der Waals surface area contributed by atoms with E-state index in [2.05, 4.69) is 4.52 Å². The number of carbonyl (C=O) groups is 2. The minimum Gasteiger partial charge on any atom is -0.478 e. The van der Waals surface area contributed by atoms with E-state index in [9.17, 15) is 14.2 Å². The third-order valence-electron chi connectivity index (χ3n) is 1.68. The predicted molar refractivity (Wildman–Crippen MR) is 53.0 cm³/mol. The molecule has 0 aliphatic rings. The summed E-state index contributed by atoms with van der Waals surface area (Å²) in [5.74, 6) is -3.58. The van der Waals surface area contributed by atoms with Gasteiger partial charge in [-0.25, -0.2) is 14.2 Å². The first-order chi connectivity index (χ1) is 7.70. The van der Waals surface area contributed by atoms with Crippen LogP contribution in [-0.2, 0) is 4.57 Å². The lowest BCUT2D eigenvalue weighted by atomic mass is 10.1. The molecule has 0 spiro atoms. The highest BCUT2D eigenvalue weighted by Gasteiger charge is 2.22. The van der Waals surface area contributed by atoms with Crippen LogP contribution >= 0.6 is 7.82 Å². The minimum atomic E-state index is -4.96. The summed E-state index contributed by atoms with van der Waals surface area (Å²) >= 11 is 0. The van der Waals surface area contributed by atoms with Crippen molar-refractivity contribution in [3.05, 3.63) is 29.3 Å². The number of phosphoric acid groups is 1. The average Bonchev–Trinajstić information content (AvgIpc) is 2.14. The highest BCUT2D eigenvalue weighted by molar-refractivity contribution is 7.46. The molecular formula is C8H7O8P. The highest BCUT2D eigenvalue weighted by atomic mass is 31.2. The van der Waals surface area contributed by atoms with Crippen LogP contribution in [0.2, 0.25) is 0 Å². The van der Waals surface area contributed by atoms with Gasteiger partial charge >= 0.3 is 19.8 Å². The Hall–Kier alpha value is -1.89. The summed E-state index contributed by atoms with van der Waals surface area (Å²) in [5.41, 5.74) is -0.892. The van der Waals surface area contributed by atoms with Gasteiger partial charge in [-0.05, 0) is 18.2 Å². The van der Waals surface area contributed by atoms with E-state index in [0.717, 1.165) is 18.2 Å². The van der Waals surface area contributed by atoms with E-state index >= 15 is 0 Å². The van der Waals surface area contributed by atoms with Crippen molar-refractivity contribution in [2.45, 2.75) is 0 Å². The molecule has 0 bridgehead atoms. The molecule has 0 saturated heterocycles. The SMILES string of the molecule is O=C(O)c1ccc(C(=O)O)c(OP(=O)(O)O)c1. The molecule has 0 amide bonds. The Morgan fingerprint density at radius 1 is 1.12 bits per heavy atom. The first-order valence-electron chi connectivity index (χ1n) is 4.06. The molecule has 9 heteroatoms. The standard InChI is InChI=1S/C8H7O8P/c9-7(10)4-1-2-5(8(11)12)6(3-4)16-17(13,14)15/h1-3H,(H,9,10)(H,11,12)(H2,13,14,15). The fraction of sp³-hybridized carbons (Fsp3) is 0.